The van der Waals surface area contributed by atoms with Gasteiger partial charge in [-0.1, -0.05) is 0 Å². The standard InChI is InChI=1S/CH4FN.HOP/c1-3-2;1-2/h3H,1H3;2H. The van der Waals surface area contributed by atoms with Crippen LogP contribution in [0, 0.1) is 0 Å². The van der Waals surface area contributed by atoms with Gasteiger partial charge in [-0.15, -0.1) is 4.48 Å². The summed E-state index contributed by atoms with van der Waals surface area (Å²) < 4.78 is 18.1. The summed E-state index contributed by atoms with van der Waals surface area (Å²) in [5.74, 6) is 0. The largest absolute Gasteiger partial charge is 0.279 e. The molecular formula is CH5FNOP. The third kappa shape index (κ3) is 158000. The Morgan fingerprint density at radius 1 is 1.80 bits per heavy atom. The fourth-order valence-corrected chi connectivity index (χ4v) is 0. The van der Waals surface area contributed by atoms with E-state index in [1.807, 2.05) is 0 Å². The summed E-state index contributed by atoms with van der Waals surface area (Å²) >= 11 is 0. The zero-order chi connectivity index (χ0) is 4.71. The molecule has 0 aliphatic carbocycles. The van der Waals surface area contributed by atoms with Crippen molar-refractivity contribution in [3.8, 4) is 0 Å². The number of hydrogen-bond acceptors (Lipinski definition) is 2. The molecule has 0 aromatic heterocycles. The monoisotopic (exact) mass is 97.0 g/mol. The lowest BCUT2D eigenvalue weighted by atomic mass is 11.6. The summed E-state index contributed by atoms with van der Waals surface area (Å²) in [6.45, 7) is 0. The summed E-state index contributed by atoms with van der Waals surface area (Å²) in [6.07, 6.45) is 0. The lowest BCUT2D eigenvalue weighted by Gasteiger charge is -1.53. The van der Waals surface area contributed by atoms with Crippen LogP contribution in [0.25, 0.3) is 0 Å². The van der Waals surface area contributed by atoms with Crippen LogP contribution in [0.1, 0.15) is 0 Å². The smallest absolute Gasteiger partial charge is 0.138 e. The minimum Gasteiger partial charge on any atom is -0.279 e. The molecule has 32 valence electrons. The maximum absolute atomic E-state index is 10.0. The summed E-state index contributed by atoms with van der Waals surface area (Å²) in [7, 11) is 2.93. The van der Waals surface area contributed by atoms with E-state index in [1.165, 1.54) is 12.6 Å². The molecule has 0 aromatic rings. The fourth-order valence-electron chi connectivity index (χ4n) is 0. The molecule has 0 rings (SSSR count). The average Bonchev–Trinajstić information content (AvgIpc) is 1.46. The Hall–Kier alpha value is -0.0100. The van der Waals surface area contributed by atoms with Crippen molar-refractivity contribution < 1.29 is 9.05 Å². The molecule has 0 saturated heterocycles. The number of rotatable bonds is 0. The van der Waals surface area contributed by atoms with Crippen molar-refractivity contribution in [2.24, 2.45) is 0 Å². The first-order chi connectivity index (χ1) is 2.41. The molecule has 0 heterocycles. The zero-order valence-corrected chi connectivity index (χ0v) is 3.79. The molecular weight excluding hydrogens is 92.0 g/mol. The molecule has 5 heavy (non-hydrogen) atoms. The Morgan fingerprint density at radius 3 is 1.80 bits per heavy atom. The van der Waals surface area contributed by atoms with Crippen molar-refractivity contribution in [2.45, 2.75) is 0 Å². The lowest BCUT2D eigenvalue weighted by Crippen LogP contribution is -1.79. The van der Waals surface area contributed by atoms with Crippen LogP contribution in [0.3, 0.4) is 0 Å². The van der Waals surface area contributed by atoms with E-state index in [9.17, 15) is 4.48 Å². The molecule has 1 N–H and O–H groups in total. The average molecular weight is 97.0 g/mol. The SMILES string of the molecule is CNF.O=P. The number of halogens is 1. The van der Waals surface area contributed by atoms with Gasteiger partial charge in [-0.05, 0) is 0 Å². The molecule has 0 radical (unpaired) electrons. The molecule has 0 spiro atoms. The molecule has 0 aromatic carbocycles. The maximum atomic E-state index is 10.0. The van der Waals surface area contributed by atoms with E-state index in [0.29, 0.717) is 0 Å². The third-order valence-corrected chi connectivity index (χ3v) is 0. The van der Waals surface area contributed by atoms with Gasteiger partial charge in [0.2, 0.25) is 0 Å². The maximum Gasteiger partial charge on any atom is 0.138 e. The quantitative estimate of drug-likeness (QED) is 0.353. The van der Waals surface area contributed by atoms with Gasteiger partial charge >= 0.3 is 0 Å². The van der Waals surface area contributed by atoms with Crippen LogP contribution < -0.4 is 5.54 Å². The van der Waals surface area contributed by atoms with Crippen molar-refractivity contribution >= 4 is 9.12 Å². The minimum absolute atomic E-state index is 1.21. The second kappa shape index (κ2) is 36.4. The van der Waals surface area contributed by atoms with E-state index in [-0.39, 0.29) is 0 Å². The molecule has 0 unspecified atom stereocenters. The summed E-state index contributed by atoms with van der Waals surface area (Å²) in [5, 5.41) is 0. The van der Waals surface area contributed by atoms with Crippen LogP contribution in [0.5, 0.6) is 0 Å². The Kier molecular flexibility index (Phi) is 64.7. The van der Waals surface area contributed by atoms with Crippen LogP contribution in [0.15, 0.2) is 0 Å². The first kappa shape index (κ1) is 8.89. The summed E-state index contributed by atoms with van der Waals surface area (Å²) in [5.41, 5.74) is 1.25. The van der Waals surface area contributed by atoms with E-state index >= 15 is 0 Å². The first-order valence-corrected chi connectivity index (χ1v) is 1.30. The molecule has 0 aliphatic rings. The number of nitrogens with one attached hydrogen (secondary N) is 1. The van der Waals surface area contributed by atoms with E-state index in [0.717, 1.165) is 0 Å². The predicted molar refractivity (Wildman–Crippen MR) is 19.2 cm³/mol. The molecule has 2 nitrogen and oxygen atoms in total. The fraction of sp³-hybridized carbons (Fsp3) is 1.00. The number of hydrogen-bond donors (Lipinski definition) is 1. The Morgan fingerprint density at radius 2 is 1.80 bits per heavy atom. The molecule has 0 saturated carbocycles. The second-order valence-corrected chi connectivity index (χ2v) is 0.189. The Labute approximate surface area is 31.9 Å². The van der Waals surface area contributed by atoms with E-state index < -0.39 is 0 Å². The molecule has 0 bridgehead atoms. The third-order valence-electron chi connectivity index (χ3n) is 0. The van der Waals surface area contributed by atoms with Crippen molar-refractivity contribution in [1.82, 2.24) is 5.54 Å². The highest BCUT2D eigenvalue weighted by Crippen LogP contribution is 1.23. The van der Waals surface area contributed by atoms with E-state index in [4.69, 9.17) is 4.57 Å². The first-order valence-electron chi connectivity index (χ1n) is 0.893. The van der Waals surface area contributed by atoms with Crippen molar-refractivity contribution in [1.29, 1.82) is 0 Å². The Bertz CT molecular complexity index is 15.6. The van der Waals surface area contributed by atoms with Crippen LogP contribution in [0.2, 0.25) is 0 Å². The Balaban J connectivity index is 0. The molecule has 0 aliphatic heterocycles. The van der Waals surface area contributed by atoms with Crippen LogP contribution in [0.4, 0.5) is 4.48 Å². The van der Waals surface area contributed by atoms with Gasteiger partial charge in [0.1, 0.15) is 9.12 Å². The highest BCUT2D eigenvalue weighted by atomic mass is 31.0. The van der Waals surface area contributed by atoms with Crippen molar-refractivity contribution in [3.63, 3.8) is 0 Å². The van der Waals surface area contributed by atoms with E-state index in [2.05, 4.69) is 0 Å². The molecule has 4 heteroatoms. The van der Waals surface area contributed by atoms with Gasteiger partial charge in [0.05, 0.1) is 0 Å². The van der Waals surface area contributed by atoms with E-state index in [1.54, 1.807) is 9.12 Å². The van der Waals surface area contributed by atoms with Gasteiger partial charge in [-0.2, -0.15) is 5.54 Å². The highest BCUT2D eigenvalue weighted by Gasteiger charge is 1.31. The molecule has 0 atom stereocenters. The van der Waals surface area contributed by atoms with Gasteiger partial charge in [-0.25, -0.2) is 0 Å². The van der Waals surface area contributed by atoms with Crippen molar-refractivity contribution in [2.75, 3.05) is 7.05 Å². The minimum atomic E-state index is 1.21. The lowest BCUT2D eigenvalue weighted by molar-refractivity contribution is 0.380. The van der Waals surface area contributed by atoms with Gasteiger partial charge in [0.15, 0.2) is 0 Å². The van der Waals surface area contributed by atoms with Crippen molar-refractivity contribution in [3.05, 3.63) is 0 Å². The summed E-state index contributed by atoms with van der Waals surface area (Å²) in [4.78, 5) is 0. The molecule has 0 amide bonds. The van der Waals surface area contributed by atoms with Gasteiger partial charge < -0.3 is 0 Å². The normalized spacial score (nSPS) is 4.40. The van der Waals surface area contributed by atoms with Crippen LogP contribution in [-0.2, 0) is 4.57 Å². The molecule has 0 fully saturated rings. The van der Waals surface area contributed by atoms with Crippen LogP contribution >= 0.6 is 9.12 Å². The highest BCUT2D eigenvalue weighted by molar-refractivity contribution is 7.00. The zero-order valence-electron chi connectivity index (χ0n) is 2.79. The topological polar surface area (TPSA) is 29.1 Å². The van der Waals surface area contributed by atoms with Gasteiger partial charge in [0, 0.05) is 7.05 Å². The summed E-state index contributed by atoms with van der Waals surface area (Å²) in [6, 6.07) is 0. The van der Waals surface area contributed by atoms with Gasteiger partial charge in [0.25, 0.3) is 0 Å². The van der Waals surface area contributed by atoms with Gasteiger partial charge in [-0.3, -0.25) is 4.57 Å². The van der Waals surface area contributed by atoms with Crippen LogP contribution in [-0.4, -0.2) is 7.05 Å². The predicted octanol–water partition coefficient (Wildman–Crippen LogP) is 0.565. The second-order valence-electron chi connectivity index (χ2n) is 0.189.